The Balaban J connectivity index is 1.38. The van der Waals surface area contributed by atoms with Gasteiger partial charge in [-0.15, -0.1) is 0 Å². The maximum absolute atomic E-state index is 14.1. The highest BCUT2D eigenvalue weighted by Gasteiger charge is 2.47. The topological polar surface area (TPSA) is 129 Å². The maximum atomic E-state index is 14.1. The van der Waals surface area contributed by atoms with Gasteiger partial charge in [0.15, 0.2) is 0 Å². The molecule has 1 aromatic carbocycles. The van der Waals surface area contributed by atoms with Crippen molar-refractivity contribution in [3.63, 3.8) is 0 Å². The van der Waals surface area contributed by atoms with E-state index in [-0.39, 0.29) is 50.9 Å². The minimum atomic E-state index is -3.88. The van der Waals surface area contributed by atoms with E-state index in [0.717, 1.165) is 0 Å². The molecule has 13 heteroatoms. The number of hydroxylamine groups is 1. The van der Waals surface area contributed by atoms with Gasteiger partial charge in [-0.3, -0.25) is 10.0 Å². The maximum Gasteiger partial charge on any atom is 0.410 e. The Hall–Kier alpha value is -2.48. The van der Waals surface area contributed by atoms with E-state index in [1.807, 2.05) is 0 Å². The summed E-state index contributed by atoms with van der Waals surface area (Å²) in [6.07, 6.45) is -0.0866. The van der Waals surface area contributed by atoms with Gasteiger partial charge in [0.25, 0.3) is 5.91 Å². The third-order valence-corrected chi connectivity index (χ3v) is 9.07. The van der Waals surface area contributed by atoms with Crippen LogP contribution in [0.1, 0.15) is 19.3 Å². The van der Waals surface area contributed by atoms with Crippen LogP contribution in [0.2, 0.25) is 0 Å². The Bertz CT molecular complexity index is 1020. The van der Waals surface area contributed by atoms with Gasteiger partial charge in [-0.25, -0.2) is 23.1 Å². The summed E-state index contributed by atoms with van der Waals surface area (Å²) in [5.74, 6) is -1.65. The van der Waals surface area contributed by atoms with E-state index in [1.165, 1.54) is 15.3 Å². The predicted molar refractivity (Wildman–Crippen MR) is 123 cm³/mol. The molecular formula is C22H31FN4O7S. The van der Waals surface area contributed by atoms with E-state index in [0.29, 0.717) is 38.4 Å². The molecule has 1 atom stereocenters. The summed E-state index contributed by atoms with van der Waals surface area (Å²) < 4.78 is 52.6. The van der Waals surface area contributed by atoms with Gasteiger partial charge in [0, 0.05) is 45.7 Å². The number of nitrogens with one attached hydrogen (secondary N) is 1. The van der Waals surface area contributed by atoms with Crippen LogP contribution in [0, 0.1) is 11.2 Å². The zero-order chi connectivity index (χ0) is 25.1. The molecule has 1 aromatic rings. The molecule has 0 spiro atoms. The molecule has 2 N–H and O–H groups in total. The SMILES string of the molecule is O=C(OC1CCOC1)N1CCC(CS(=O)(=O)N2CCN(c3ccccc3F)CC2)(C(=O)NO)CC1. The van der Waals surface area contributed by atoms with E-state index in [2.05, 4.69) is 0 Å². The lowest BCUT2D eigenvalue weighted by atomic mass is 9.79. The van der Waals surface area contributed by atoms with Crippen molar-refractivity contribution >= 4 is 27.7 Å². The standard InChI is InChI=1S/C22H31FN4O7S/c23-18-3-1-2-4-19(18)25-10-12-27(13-11-25)35(31,32)16-22(20(28)24-30)6-8-26(9-7-22)21(29)34-17-5-14-33-15-17/h1-4,17,30H,5-16H2,(H,24,28). The number of hydrogen-bond donors (Lipinski definition) is 2. The van der Waals surface area contributed by atoms with Crippen molar-refractivity contribution in [2.45, 2.75) is 25.4 Å². The first-order valence-electron chi connectivity index (χ1n) is 11.7. The highest BCUT2D eigenvalue weighted by atomic mass is 32.2. The fourth-order valence-corrected chi connectivity index (χ4v) is 6.87. The number of benzene rings is 1. The number of piperidine rings is 1. The van der Waals surface area contributed by atoms with Crippen LogP contribution in [0.25, 0.3) is 0 Å². The van der Waals surface area contributed by atoms with Crippen molar-refractivity contribution in [1.29, 1.82) is 0 Å². The molecule has 194 valence electrons. The number of piperazine rings is 1. The van der Waals surface area contributed by atoms with Crippen LogP contribution in [0.4, 0.5) is 14.9 Å². The van der Waals surface area contributed by atoms with Crippen LogP contribution in [-0.2, 0) is 24.3 Å². The summed E-state index contributed by atoms with van der Waals surface area (Å²) in [4.78, 5) is 28.3. The first-order valence-corrected chi connectivity index (χ1v) is 13.3. The zero-order valence-electron chi connectivity index (χ0n) is 19.4. The van der Waals surface area contributed by atoms with Crippen LogP contribution in [0.5, 0.6) is 0 Å². The first kappa shape index (κ1) is 25.6. The average Bonchev–Trinajstić information content (AvgIpc) is 3.37. The Morgan fingerprint density at radius 1 is 1.14 bits per heavy atom. The summed E-state index contributed by atoms with van der Waals surface area (Å²) in [7, 11) is -3.88. The molecule has 3 aliphatic heterocycles. The van der Waals surface area contributed by atoms with Gasteiger partial charge in [0.1, 0.15) is 11.9 Å². The molecule has 0 bridgehead atoms. The molecule has 0 aromatic heterocycles. The molecule has 3 aliphatic rings. The van der Waals surface area contributed by atoms with Gasteiger partial charge in [0.2, 0.25) is 10.0 Å². The highest BCUT2D eigenvalue weighted by molar-refractivity contribution is 7.89. The summed E-state index contributed by atoms with van der Waals surface area (Å²) in [6, 6.07) is 6.33. The number of carbonyl (C=O) groups is 2. The minimum Gasteiger partial charge on any atom is -0.444 e. The Kier molecular flexibility index (Phi) is 7.79. The number of rotatable bonds is 6. The van der Waals surface area contributed by atoms with Gasteiger partial charge in [-0.05, 0) is 25.0 Å². The number of ether oxygens (including phenoxy) is 2. The molecule has 3 saturated heterocycles. The van der Waals surface area contributed by atoms with E-state index in [1.54, 1.807) is 28.6 Å². The largest absolute Gasteiger partial charge is 0.444 e. The zero-order valence-corrected chi connectivity index (χ0v) is 20.2. The number of halogens is 1. The minimum absolute atomic E-state index is 0.0596. The number of anilines is 1. The lowest BCUT2D eigenvalue weighted by molar-refractivity contribution is -0.141. The smallest absolute Gasteiger partial charge is 0.410 e. The normalized spacial score (nSPS) is 23.2. The van der Waals surface area contributed by atoms with Crippen molar-refractivity contribution in [1.82, 2.24) is 14.7 Å². The molecule has 0 aliphatic carbocycles. The number of nitrogens with zero attached hydrogens (tertiary/aromatic N) is 3. The monoisotopic (exact) mass is 514 g/mol. The van der Waals surface area contributed by atoms with Crippen molar-refractivity contribution < 1.29 is 37.1 Å². The van der Waals surface area contributed by atoms with Crippen LogP contribution < -0.4 is 10.4 Å². The molecule has 1 unspecified atom stereocenters. The highest BCUT2D eigenvalue weighted by Crippen LogP contribution is 2.35. The first-order chi connectivity index (χ1) is 16.7. The fraction of sp³-hybridized carbons (Fsp3) is 0.636. The van der Waals surface area contributed by atoms with Gasteiger partial charge >= 0.3 is 6.09 Å². The second-order valence-corrected chi connectivity index (χ2v) is 11.1. The van der Waals surface area contributed by atoms with Gasteiger partial charge in [-0.2, -0.15) is 4.31 Å². The molecule has 3 heterocycles. The summed E-state index contributed by atoms with van der Waals surface area (Å²) in [6.45, 7) is 2.04. The molecule has 4 rings (SSSR count). The molecule has 2 amide bonds. The predicted octanol–water partition coefficient (Wildman–Crippen LogP) is 0.791. The molecule has 0 saturated carbocycles. The third kappa shape index (κ3) is 5.68. The van der Waals surface area contributed by atoms with Crippen LogP contribution in [0.3, 0.4) is 0 Å². The van der Waals surface area contributed by atoms with E-state index >= 15 is 0 Å². The second-order valence-electron chi connectivity index (χ2n) is 9.17. The van der Waals surface area contributed by atoms with Gasteiger partial charge < -0.3 is 19.3 Å². The molecular weight excluding hydrogens is 483 g/mol. The Morgan fingerprint density at radius 3 is 2.43 bits per heavy atom. The van der Waals surface area contributed by atoms with E-state index < -0.39 is 33.2 Å². The van der Waals surface area contributed by atoms with Crippen LogP contribution in [-0.4, -0.2) is 99.2 Å². The van der Waals surface area contributed by atoms with Crippen LogP contribution in [0.15, 0.2) is 24.3 Å². The third-order valence-electron chi connectivity index (χ3n) is 7.00. The number of para-hydroxylation sites is 1. The number of carbonyl (C=O) groups excluding carboxylic acids is 2. The summed E-state index contributed by atoms with van der Waals surface area (Å²) >= 11 is 0. The van der Waals surface area contributed by atoms with Crippen molar-refractivity contribution in [3.05, 3.63) is 30.1 Å². The fourth-order valence-electron chi connectivity index (χ4n) is 4.85. The van der Waals surface area contributed by atoms with Gasteiger partial charge in [0.05, 0.1) is 30.1 Å². The van der Waals surface area contributed by atoms with Crippen molar-refractivity contribution in [2.24, 2.45) is 5.41 Å². The number of amides is 2. The molecule has 35 heavy (non-hydrogen) atoms. The Labute approximate surface area is 203 Å². The van der Waals surface area contributed by atoms with E-state index in [9.17, 15) is 27.6 Å². The van der Waals surface area contributed by atoms with Crippen molar-refractivity contribution in [3.8, 4) is 0 Å². The number of hydrogen-bond acceptors (Lipinski definition) is 8. The van der Waals surface area contributed by atoms with E-state index in [4.69, 9.17) is 9.47 Å². The number of sulfonamides is 1. The molecule has 3 fully saturated rings. The van der Waals surface area contributed by atoms with Gasteiger partial charge in [-0.1, -0.05) is 12.1 Å². The molecule has 0 radical (unpaired) electrons. The van der Waals surface area contributed by atoms with Crippen molar-refractivity contribution in [2.75, 3.05) is 63.1 Å². The summed E-state index contributed by atoms with van der Waals surface area (Å²) in [5.41, 5.74) is 0.651. The lowest BCUT2D eigenvalue weighted by Gasteiger charge is -2.41. The Morgan fingerprint density at radius 2 is 1.83 bits per heavy atom. The quantitative estimate of drug-likeness (QED) is 0.421. The van der Waals surface area contributed by atoms with Crippen LogP contribution >= 0.6 is 0 Å². The molecule has 11 nitrogen and oxygen atoms in total. The average molecular weight is 515 g/mol. The number of likely N-dealkylation sites (tertiary alicyclic amines) is 1. The second kappa shape index (κ2) is 10.6. The summed E-state index contributed by atoms with van der Waals surface area (Å²) in [5, 5.41) is 9.34. The lowest BCUT2D eigenvalue weighted by Crippen LogP contribution is -2.56.